The SMILES string of the molecule is CCC1CC(C)CCC=CC2CC2(C(=O)NS(=O)(=O)C2(C)CC2)NC(=O)C2CC(Oc3ncc(-c4cnco4)c4cc(OC)ccc34)CN2C(=O)C1NC(=O)OC(C)(C)C. The maximum atomic E-state index is 15.1. The number of hydrogen-bond donors (Lipinski definition) is 3. The van der Waals surface area contributed by atoms with Crippen molar-refractivity contribution in [2.45, 2.75) is 127 Å². The Kier molecular flexibility index (Phi) is 11.7. The van der Waals surface area contributed by atoms with Crippen molar-refractivity contribution in [2.24, 2.45) is 17.8 Å². The van der Waals surface area contributed by atoms with Crippen LogP contribution in [0, 0.1) is 17.8 Å². The normalized spacial score (nSPS) is 28.0. The van der Waals surface area contributed by atoms with Crippen molar-refractivity contribution in [3.63, 3.8) is 0 Å². The van der Waals surface area contributed by atoms with Crippen LogP contribution < -0.4 is 24.8 Å². The minimum absolute atomic E-state index is 0.00167. The fourth-order valence-corrected chi connectivity index (χ4v) is 9.68. The van der Waals surface area contributed by atoms with Crippen LogP contribution in [-0.4, -0.2) is 94.8 Å². The van der Waals surface area contributed by atoms with E-state index >= 15 is 4.79 Å². The molecule has 3 N–H and O–H groups in total. The first kappa shape index (κ1) is 42.9. The Labute approximate surface area is 350 Å². The van der Waals surface area contributed by atoms with Crippen LogP contribution in [0.4, 0.5) is 4.79 Å². The van der Waals surface area contributed by atoms with Gasteiger partial charge in [-0.15, -0.1) is 0 Å². The van der Waals surface area contributed by atoms with E-state index in [0.29, 0.717) is 59.9 Å². The highest BCUT2D eigenvalue weighted by molar-refractivity contribution is 7.91. The number of alkyl carbamates (subject to hydrolysis) is 1. The number of pyridine rings is 1. The Morgan fingerprint density at radius 1 is 1.12 bits per heavy atom. The van der Waals surface area contributed by atoms with Crippen LogP contribution in [0.2, 0.25) is 0 Å². The maximum absolute atomic E-state index is 15.1. The van der Waals surface area contributed by atoms with Gasteiger partial charge in [-0.1, -0.05) is 32.4 Å². The van der Waals surface area contributed by atoms with E-state index in [1.165, 1.54) is 11.3 Å². The highest BCUT2D eigenvalue weighted by Gasteiger charge is 2.63. The summed E-state index contributed by atoms with van der Waals surface area (Å²) in [5, 5.41) is 7.10. The van der Waals surface area contributed by atoms with E-state index in [1.807, 2.05) is 25.1 Å². The smallest absolute Gasteiger partial charge is 0.408 e. The number of sulfonamides is 1. The lowest BCUT2D eigenvalue weighted by molar-refractivity contribution is -0.142. The van der Waals surface area contributed by atoms with Crippen molar-refractivity contribution in [1.82, 2.24) is 30.2 Å². The minimum Gasteiger partial charge on any atom is -0.497 e. The highest BCUT2D eigenvalue weighted by atomic mass is 32.2. The second kappa shape index (κ2) is 16.3. The molecule has 324 valence electrons. The lowest BCUT2D eigenvalue weighted by Crippen LogP contribution is -2.59. The van der Waals surface area contributed by atoms with Gasteiger partial charge in [0.2, 0.25) is 27.7 Å². The van der Waals surface area contributed by atoms with Crippen LogP contribution in [-0.2, 0) is 29.1 Å². The first-order valence-electron chi connectivity index (χ1n) is 20.7. The van der Waals surface area contributed by atoms with Gasteiger partial charge in [0, 0.05) is 34.9 Å². The van der Waals surface area contributed by atoms with Gasteiger partial charge in [-0.2, -0.15) is 0 Å². The fraction of sp³-hybridized carbons (Fsp3) is 0.581. The van der Waals surface area contributed by atoms with Crippen molar-refractivity contribution in [3.8, 4) is 23.0 Å². The Hall–Kier alpha value is -5.19. The molecule has 3 aromatic rings. The third kappa shape index (κ3) is 8.82. The molecular weight excluding hydrogens is 793 g/mol. The number of benzene rings is 1. The molecule has 7 unspecified atom stereocenters. The molecule has 4 heterocycles. The number of rotatable bonds is 9. The van der Waals surface area contributed by atoms with Gasteiger partial charge in [-0.3, -0.25) is 19.1 Å². The Morgan fingerprint density at radius 2 is 1.88 bits per heavy atom. The molecule has 17 heteroatoms. The molecule has 2 aliphatic carbocycles. The summed E-state index contributed by atoms with van der Waals surface area (Å²) in [6.45, 7) is 10.8. The molecule has 1 aromatic carbocycles. The van der Waals surface area contributed by atoms with E-state index in [2.05, 4.69) is 32.2 Å². The van der Waals surface area contributed by atoms with Crippen LogP contribution >= 0.6 is 0 Å². The molecule has 7 atom stereocenters. The molecule has 0 bridgehead atoms. The first-order valence-corrected chi connectivity index (χ1v) is 22.2. The van der Waals surface area contributed by atoms with E-state index in [4.69, 9.17) is 18.6 Å². The third-order valence-electron chi connectivity index (χ3n) is 12.3. The standard InChI is InChI=1S/C43H56N6O10S/c1-8-26-17-25(2)11-9-10-12-27-20-43(27,39(52)48-60(54,55)42(6)15-16-42)47-36(50)33-19-29(23-49(33)38(51)35(26)46-40(53)59-41(3,4)5)58-37-30-14-13-28(56-7)18-31(30)32(21-45-37)34-22-44-24-57-34/h10,12-14,18,21-22,24-27,29,33,35H,8-9,11,15-17,19-20,23H2,1-7H3,(H,46,53)(H,47,50)(H,48,52). The monoisotopic (exact) mass is 848 g/mol. The first-order chi connectivity index (χ1) is 28.4. The quantitative estimate of drug-likeness (QED) is 0.231. The summed E-state index contributed by atoms with van der Waals surface area (Å²) in [4.78, 5) is 67.3. The summed E-state index contributed by atoms with van der Waals surface area (Å²) in [5.74, 6) is -1.30. The molecule has 2 aromatic heterocycles. The number of methoxy groups -OCH3 is 1. The number of carbonyl (C=O) groups is 4. The van der Waals surface area contributed by atoms with Gasteiger partial charge in [-0.25, -0.2) is 23.2 Å². The lowest BCUT2D eigenvalue weighted by Gasteiger charge is -2.34. The Morgan fingerprint density at radius 3 is 2.55 bits per heavy atom. The molecule has 2 saturated carbocycles. The van der Waals surface area contributed by atoms with Crippen molar-refractivity contribution in [1.29, 1.82) is 0 Å². The Bertz CT molecular complexity index is 2270. The largest absolute Gasteiger partial charge is 0.497 e. The summed E-state index contributed by atoms with van der Waals surface area (Å²) in [6, 6.07) is 3.16. The zero-order valence-corrected chi connectivity index (χ0v) is 36.1. The lowest BCUT2D eigenvalue weighted by atomic mass is 9.85. The number of nitrogens with one attached hydrogen (secondary N) is 3. The molecule has 4 aliphatic rings. The molecule has 1 saturated heterocycles. The van der Waals surface area contributed by atoms with Gasteiger partial charge < -0.3 is 34.2 Å². The number of amides is 4. The second-order valence-electron chi connectivity index (χ2n) is 18.0. The van der Waals surface area contributed by atoms with Crippen LogP contribution in [0.25, 0.3) is 22.1 Å². The van der Waals surface area contributed by atoms with Crippen LogP contribution in [0.3, 0.4) is 0 Å². The van der Waals surface area contributed by atoms with Crippen LogP contribution in [0.1, 0.15) is 92.9 Å². The average molecular weight is 849 g/mol. The number of fused-ring (bicyclic) bond motifs is 3. The summed E-state index contributed by atoms with van der Waals surface area (Å²) in [5.41, 5.74) is -1.75. The molecular formula is C43H56N6O10S. The predicted molar refractivity (Wildman–Crippen MR) is 221 cm³/mol. The molecule has 2 aliphatic heterocycles. The zero-order valence-electron chi connectivity index (χ0n) is 35.3. The van der Waals surface area contributed by atoms with Crippen LogP contribution in [0.15, 0.2) is 53.6 Å². The fourth-order valence-electron chi connectivity index (χ4n) is 8.37. The molecule has 4 amide bonds. The molecule has 60 heavy (non-hydrogen) atoms. The van der Waals surface area contributed by atoms with E-state index in [-0.39, 0.29) is 37.1 Å². The van der Waals surface area contributed by atoms with Gasteiger partial charge in [0.25, 0.3) is 5.91 Å². The van der Waals surface area contributed by atoms with E-state index < -0.39 is 73.8 Å². The van der Waals surface area contributed by atoms with Gasteiger partial charge in [0.05, 0.1) is 24.6 Å². The van der Waals surface area contributed by atoms with E-state index in [0.717, 1.165) is 6.42 Å². The number of carbonyl (C=O) groups excluding carboxylic acids is 4. The number of allylic oxidation sites excluding steroid dienone is 1. The maximum Gasteiger partial charge on any atom is 0.408 e. The van der Waals surface area contributed by atoms with Crippen molar-refractivity contribution in [2.75, 3.05) is 13.7 Å². The van der Waals surface area contributed by atoms with Crippen LogP contribution in [0.5, 0.6) is 11.6 Å². The topological polar surface area (TPSA) is 208 Å². The predicted octanol–water partition coefficient (Wildman–Crippen LogP) is 5.42. The molecule has 16 nitrogen and oxygen atoms in total. The van der Waals surface area contributed by atoms with Gasteiger partial charge in [0.15, 0.2) is 12.2 Å². The van der Waals surface area contributed by atoms with E-state index in [1.54, 1.807) is 59.3 Å². The number of nitrogens with zero attached hydrogens (tertiary/aromatic N) is 3. The van der Waals surface area contributed by atoms with Crippen molar-refractivity contribution >= 4 is 44.6 Å². The number of oxazole rings is 1. The number of hydrogen-bond acceptors (Lipinski definition) is 12. The molecule has 0 spiro atoms. The summed E-state index contributed by atoms with van der Waals surface area (Å²) in [6.07, 6.45) is 10.4. The van der Waals surface area contributed by atoms with Crippen molar-refractivity contribution < 1.29 is 46.2 Å². The minimum atomic E-state index is -4.02. The zero-order chi connectivity index (χ0) is 43.2. The third-order valence-corrected chi connectivity index (χ3v) is 14.5. The number of aromatic nitrogens is 2. The molecule has 0 radical (unpaired) electrons. The van der Waals surface area contributed by atoms with Gasteiger partial charge in [-0.05, 0) is 96.3 Å². The second-order valence-corrected chi connectivity index (χ2v) is 20.2. The highest BCUT2D eigenvalue weighted by Crippen LogP contribution is 2.48. The van der Waals surface area contributed by atoms with Crippen molar-refractivity contribution in [3.05, 3.63) is 49.1 Å². The van der Waals surface area contributed by atoms with Gasteiger partial charge in [0.1, 0.15) is 35.1 Å². The van der Waals surface area contributed by atoms with Gasteiger partial charge >= 0.3 is 6.09 Å². The molecule has 3 fully saturated rings. The average Bonchev–Trinajstić information content (AvgIpc) is 3.95. The van der Waals surface area contributed by atoms with E-state index in [9.17, 15) is 22.8 Å². The number of ether oxygens (including phenoxy) is 3. The Balaban J connectivity index is 1.26. The summed E-state index contributed by atoms with van der Waals surface area (Å²) in [7, 11) is -2.46. The summed E-state index contributed by atoms with van der Waals surface area (Å²) < 4.78 is 51.1. The summed E-state index contributed by atoms with van der Waals surface area (Å²) >= 11 is 0. The molecule has 7 rings (SSSR count).